The van der Waals surface area contributed by atoms with Crippen molar-refractivity contribution in [1.29, 1.82) is 0 Å². The maximum absolute atomic E-state index is 10.9. The van der Waals surface area contributed by atoms with Gasteiger partial charge in [-0.15, -0.1) is 0 Å². The third kappa shape index (κ3) is 2.67. The van der Waals surface area contributed by atoms with Crippen molar-refractivity contribution in [1.82, 2.24) is 5.32 Å². The van der Waals surface area contributed by atoms with Crippen LogP contribution in [-0.4, -0.2) is 23.7 Å². The first kappa shape index (κ1) is 13.4. The van der Waals surface area contributed by atoms with E-state index in [1.54, 1.807) is 0 Å². The molecule has 0 amide bonds. The SMILES string of the molecule is O=C(O)C1CCC(NCC2(C3CCC3)CCC2)CC1. The van der Waals surface area contributed by atoms with E-state index in [4.69, 9.17) is 5.11 Å². The van der Waals surface area contributed by atoms with E-state index in [-0.39, 0.29) is 5.92 Å². The van der Waals surface area contributed by atoms with Gasteiger partial charge < -0.3 is 10.4 Å². The molecule has 3 aliphatic carbocycles. The highest BCUT2D eigenvalue weighted by atomic mass is 16.4. The molecule has 0 aromatic carbocycles. The second-order valence-electron chi connectivity index (χ2n) is 7.11. The van der Waals surface area contributed by atoms with Crippen molar-refractivity contribution < 1.29 is 9.90 Å². The zero-order chi connectivity index (χ0) is 13.3. The lowest BCUT2D eigenvalue weighted by molar-refractivity contribution is -0.142. The summed E-state index contributed by atoms with van der Waals surface area (Å²) >= 11 is 0. The fourth-order valence-corrected chi connectivity index (χ4v) is 4.27. The molecule has 3 rings (SSSR count). The van der Waals surface area contributed by atoms with Gasteiger partial charge in [-0.3, -0.25) is 4.79 Å². The molecule has 0 radical (unpaired) electrons. The number of carboxylic acids is 1. The molecule has 3 nitrogen and oxygen atoms in total. The second-order valence-corrected chi connectivity index (χ2v) is 7.11. The number of rotatable bonds is 5. The Bertz CT molecular complexity index is 326. The standard InChI is InChI=1S/C16H27NO2/c18-15(19)12-5-7-14(8-6-12)17-11-16(9-2-10-16)13-3-1-4-13/h12-14,17H,1-11H2,(H,18,19). The van der Waals surface area contributed by atoms with Crippen LogP contribution in [0.5, 0.6) is 0 Å². The Balaban J connectivity index is 1.44. The van der Waals surface area contributed by atoms with Crippen LogP contribution in [0.2, 0.25) is 0 Å². The van der Waals surface area contributed by atoms with Crippen LogP contribution < -0.4 is 5.32 Å². The van der Waals surface area contributed by atoms with Crippen molar-refractivity contribution in [3.05, 3.63) is 0 Å². The maximum atomic E-state index is 10.9. The Kier molecular flexibility index (Phi) is 3.84. The molecule has 0 aromatic rings. The summed E-state index contributed by atoms with van der Waals surface area (Å²) in [6.45, 7) is 1.19. The van der Waals surface area contributed by atoms with Gasteiger partial charge in [0.25, 0.3) is 0 Å². The average Bonchev–Trinajstić information content (AvgIpc) is 2.30. The molecule has 0 heterocycles. The van der Waals surface area contributed by atoms with Gasteiger partial charge in [0.15, 0.2) is 0 Å². The topological polar surface area (TPSA) is 49.3 Å². The molecular weight excluding hydrogens is 238 g/mol. The fraction of sp³-hybridized carbons (Fsp3) is 0.938. The Morgan fingerprint density at radius 1 is 1.05 bits per heavy atom. The number of carboxylic acid groups (broad SMARTS) is 1. The molecule has 2 N–H and O–H groups in total. The highest BCUT2D eigenvalue weighted by Gasteiger charge is 2.46. The molecular formula is C16H27NO2. The quantitative estimate of drug-likeness (QED) is 0.802. The zero-order valence-corrected chi connectivity index (χ0v) is 11.9. The van der Waals surface area contributed by atoms with E-state index in [0.717, 1.165) is 31.6 Å². The normalized spacial score (nSPS) is 34.3. The smallest absolute Gasteiger partial charge is 0.306 e. The molecule has 3 saturated carbocycles. The van der Waals surface area contributed by atoms with Gasteiger partial charge in [0.2, 0.25) is 0 Å². The van der Waals surface area contributed by atoms with Gasteiger partial charge in [0.1, 0.15) is 0 Å². The van der Waals surface area contributed by atoms with Gasteiger partial charge in [0, 0.05) is 12.6 Å². The van der Waals surface area contributed by atoms with Gasteiger partial charge >= 0.3 is 5.97 Å². The summed E-state index contributed by atoms with van der Waals surface area (Å²) in [5, 5.41) is 12.8. The van der Waals surface area contributed by atoms with E-state index in [9.17, 15) is 4.79 Å². The van der Waals surface area contributed by atoms with Gasteiger partial charge in [0.05, 0.1) is 5.92 Å². The molecule has 0 bridgehead atoms. The van der Waals surface area contributed by atoms with Gasteiger partial charge in [-0.1, -0.05) is 12.8 Å². The minimum Gasteiger partial charge on any atom is -0.481 e. The molecule has 0 aliphatic heterocycles. The van der Waals surface area contributed by atoms with E-state index in [1.807, 2.05) is 0 Å². The van der Waals surface area contributed by atoms with Crippen LogP contribution in [0.3, 0.4) is 0 Å². The monoisotopic (exact) mass is 265 g/mol. The molecule has 3 fully saturated rings. The Morgan fingerprint density at radius 2 is 1.74 bits per heavy atom. The van der Waals surface area contributed by atoms with Crippen LogP contribution in [0.1, 0.15) is 64.2 Å². The first-order valence-corrected chi connectivity index (χ1v) is 8.16. The number of carbonyl (C=O) groups is 1. The summed E-state index contributed by atoms with van der Waals surface area (Å²) in [5.74, 6) is 0.315. The average molecular weight is 265 g/mol. The lowest BCUT2D eigenvalue weighted by atomic mass is 9.55. The summed E-state index contributed by atoms with van der Waals surface area (Å²) in [6, 6.07) is 0.577. The third-order valence-corrected chi connectivity index (χ3v) is 6.14. The van der Waals surface area contributed by atoms with Crippen molar-refractivity contribution in [3.63, 3.8) is 0 Å². The largest absolute Gasteiger partial charge is 0.481 e. The molecule has 0 atom stereocenters. The van der Waals surface area contributed by atoms with Gasteiger partial charge in [-0.05, 0) is 62.7 Å². The molecule has 0 spiro atoms. The molecule has 0 unspecified atom stereocenters. The van der Waals surface area contributed by atoms with Crippen LogP contribution in [0.4, 0.5) is 0 Å². The summed E-state index contributed by atoms with van der Waals surface area (Å²) in [6.07, 6.45) is 12.5. The van der Waals surface area contributed by atoms with Crippen LogP contribution in [0.25, 0.3) is 0 Å². The highest BCUT2D eigenvalue weighted by molar-refractivity contribution is 5.70. The minimum absolute atomic E-state index is 0.0812. The van der Waals surface area contributed by atoms with Crippen molar-refractivity contribution >= 4 is 5.97 Å². The molecule has 19 heavy (non-hydrogen) atoms. The summed E-state index contributed by atoms with van der Waals surface area (Å²) in [5.41, 5.74) is 0.627. The van der Waals surface area contributed by atoms with Crippen molar-refractivity contribution in [2.24, 2.45) is 17.3 Å². The van der Waals surface area contributed by atoms with E-state index in [2.05, 4.69) is 5.32 Å². The Morgan fingerprint density at radius 3 is 2.16 bits per heavy atom. The van der Waals surface area contributed by atoms with Gasteiger partial charge in [-0.25, -0.2) is 0 Å². The van der Waals surface area contributed by atoms with Crippen LogP contribution in [0, 0.1) is 17.3 Å². The first-order valence-electron chi connectivity index (χ1n) is 8.16. The van der Waals surface area contributed by atoms with Crippen LogP contribution >= 0.6 is 0 Å². The van der Waals surface area contributed by atoms with E-state index >= 15 is 0 Å². The zero-order valence-electron chi connectivity index (χ0n) is 11.9. The molecule has 3 heteroatoms. The van der Waals surface area contributed by atoms with E-state index in [0.29, 0.717) is 11.5 Å². The van der Waals surface area contributed by atoms with Crippen molar-refractivity contribution in [2.75, 3.05) is 6.54 Å². The Hall–Kier alpha value is -0.570. The maximum Gasteiger partial charge on any atom is 0.306 e. The molecule has 108 valence electrons. The van der Waals surface area contributed by atoms with Crippen LogP contribution in [-0.2, 0) is 4.79 Å². The summed E-state index contributed by atoms with van der Waals surface area (Å²) in [7, 11) is 0. The lowest BCUT2D eigenvalue weighted by Gasteiger charge is -2.52. The molecule has 0 aromatic heterocycles. The van der Waals surface area contributed by atoms with Crippen molar-refractivity contribution in [2.45, 2.75) is 70.3 Å². The summed E-state index contributed by atoms with van der Waals surface area (Å²) in [4.78, 5) is 10.9. The lowest BCUT2D eigenvalue weighted by Crippen LogP contribution is -2.50. The van der Waals surface area contributed by atoms with E-state index < -0.39 is 5.97 Å². The molecule has 0 saturated heterocycles. The number of hydrogen-bond acceptors (Lipinski definition) is 2. The molecule has 3 aliphatic rings. The van der Waals surface area contributed by atoms with Crippen LogP contribution in [0.15, 0.2) is 0 Å². The summed E-state index contributed by atoms with van der Waals surface area (Å²) < 4.78 is 0. The minimum atomic E-state index is -0.594. The fourth-order valence-electron chi connectivity index (χ4n) is 4.27. The number of hydrogen-bond donors (Lipinski definition) is 2. The predicted molar refractivity (Wildman–Crippen MR) is 75.0 cm³/mol. The predicted octanol–water partition coefficient (Wildman–Crippen LogP) is 3.19. The highest BCUT2D eigenvalue weighted by Crippen LogP contribution is 2.54. The van der Waals surface area contributed by atoms with Crippen molar-refractivity contribution in [3.8, 4) is 0 Å². The number of aliphatic carboxylic acids is 1. The second kappa shape index (κ2) is 5.43. The van der Waals surface area contributed by atoms with E-state index in [1.165, 1.54) is 45.1 Å². The van der Waals surface area contributed by atoms with Gasteiger partial charge in [-0.2, -0.15) is 0 Å². The first-order chi connectivity index (χ1) is 9.20. The third-order valence-electron chi connectivity index (χ3n) is 6.14. The number of nitrogens with one attached hydrogen (secondary N) is 1. The Labute approximate surface area is 116 Å².